The largest absolute Gasteiger partial charge is 0.494 e. The first-order valence-corrected chi connectivity index (χ1v) is 7.38. The molecule has 2 aromatic carbocycles. The van der Waals surface area contributed by atoms with Crippen LogP contribution in [0.2, 0.25) is 0 Å². The molecular formula is C16H16BrNO3. The molecule has 0 heterocycles. The van der Waals surface area contributed by atoms with Gasteiger partial charge in [-0.3, -0.25) is 5.32 Å². The van der Waals surface area contributed by atoms with E-state index in [1.807, 2.05) is 43.3 Å². The molecule has 0 saturated heterocycles. The first kappa shape index (κ1) is 15.4. The van der Waals surface area contributed by atoms with Crippen molar-refractivity contribution in [1.29, 1.82) is 0 Å². The van der Waals surface area contributed by atoms with Gasteiger partial charge in [0.05, 0.1) is 6.61 Å². The molecular weight excluding hydrogens is 334 g/mol. The summed E-state index contributed by atoms with van der Waals surface area (Å²) in [6, 6.07) is 14.9. The third-order valence-corrected chi connectivity index (χ3v) is 3.10. The van der Waals surface area contributed by atoms with Gasteiger partial charge in [-0.1, -0.05) is 46.3 Å². The Hall–Kier alpha value is -2.01. The third-order valence-electron chi connectivity index (χ3n) is 2.64. The Morgan fingerprint density at radius 2 is 1.95 bits per heavy atom. The van der Waals surface area contributed by atoms with Crippen molar-refractivity contribution in [2.75, 3.05) is 11.9 Å². The number of halogens is 1. The molecule has 4 nitrogen and oxygen atoms in total. The van der Waals surface area contributed by atoms with Gasteiger partial charge in [0, 0.05) is 16.2 Å². The van der Waals surface area contributed by atoms with Crippen LogP contribution in [0.4, 0.5) is 10.5 Å². The predicted molar refractivity (Wildman–Crippen MR) is 85.6 cm³/mol. The van der Waals surface area contributed by atoms with Crippen molar-refractivity contribution < 1.29 is 14.3 Å². The SMILES string of the molecule is CCOc1cc(Br)cc(NC(=O)OCc2ccccc2)c1. The Kier molecular flexibility index (Phi) is 5.63. The van der Waals surface area contributed by atoms with E-state index in [0.29, 0.717) is 18.0 Å². The minimum atomic E-state index is -0.501. The summed E-state index contributed by atoms with van der Waals surface area (Å²) >= 11 is 3.38. The van der Waals surface area contributed by atoms with Crippen LogP contribution in [0.1, 0.15) is 12.5 Å². The summed E-state index contributed by atoms with van der Waals surface area (Å²) in [7, 11) is 0. The van der Waals surface area contributed by atoms with Gasteiger partial charge in [-0.25, -0.2) is 4.79 Å². The molecule has 21 heavy (non-hydrogen) atoms. The van der Waals surface area contributed by atoms with Crippen LogP contribution < -0.4 is 10.1 Å². The monoisotopic (exact) mass is 349 g/mol. The topological polar surface area (TPSA) is 47.6 Å². The molecule has 5 heteroatoms. The van der Waals surface area contributed by atoms with Crippen molar-refractivity contribution in [3.8, 4) is 5.75 Å². The lowest BCUT2D eigenvalue weighted by Gasteiger charge is -2.10. The van der Waals surface area contributed by atoms with Gasteiger partial charge in [-0.15, -0.1) is 0 Å². The number of nitrogens with one attached hydrogen (secondary N) is 1. The van der Waals surface area contributed by atoms with Crippen molar-refractivity contribution in [3.05, 3.63) is 58.6 Å². The molecule has 1 amide bonds. The molecule has 110 valence electrons. The van der Waals surface area contributed by atoms with E-state index in [-0.39, 0.29) is 6.61 Å². The number of hydrogen-bond acceptors (Lipinski definition) is 3. The minimum Gasteiger partial charge on any atom is -0.494 e. The van der Waals surface area contributed by atoms with Gasteiger partial charge in [-0.05, 0) is 24.6 Å². The van der Waals surface area contributed by atoms with Gasteiger partial charge < -0.3 is 9.47 Å². The quantitative estimate of drug-likeness (QED) is 0.858. The van der Waals surface area contributed by atoms with E-state index in [0.717, 1.165) is 10.0 Å². The van der Waals surface area contributed by atoms with Gasteiger partial charge >= 0.3 is 6.09 Å². The molecule has 0 bridgehead atoms. The summed E-state index contributed by atoms with van der Waals surface area (Å²) in [6.45, 7) is 2.70. The van der Waals surface area contributed by atoms with E-state index in [4.69, 9.17) is 9.47 Å². The molecule has 2 rings (SSSR count). The maximum atomic E-state index is 11.8. The van der Waals surface area contributed by atoms with Crippen LogP contribution in [0, 0.1) is 0 Å². The van der Waals surface area contributed by atoms with E-state index in [1.165, 1.54) is 0 Å². The number of hydrogen-bond donors (Lipinski definition) is 1. The molecule has 0 aromatic heterocycles. The summed E-state index contributed by atoms with van der Waals surface area (Å²) < 4.78 is 11.4. The summed E-state index contributed by atoms with van der Waals surface area (Å²) in [5.41, 5.74) is 1.56. The van der Waals surface area contributed by atoms with Crippen LogP contribution in [0.15, 0.2) is 53.0 Å². The summed E-state index contributed by atoms with van der Waals surface area (Å²) in [5, 5.41) is 2.68. The molecule has 0 aliphatic carbocycles. The Morgan fingerprint density at radius 3 is 2.67 bits per heavy atom. The van der Waals surface area contributed by atoms with E-state index in [9.17, 15) is 4.79 Å². The lowest BCUT2D eigenvalue weighted by atomic mass is 10.2. The molecule has 0 aliphatic rings. The van der Waals surface area contributed by atoms with Gasteiger partial charge in [-0.2, -0.15) is 0 Å². The van der Waals surface area contributed by atoms with Crippen molar-refractivity contribution in [2.24, 2.45) is 0 Å². The number of benzene rings is 2. The fraction of sp³-hybridized carbons (Fsp3) is 0.188. The van der Waals surface area contributed by atoms with Crippen molar-refractivity contribution in [3.63, 3.8) is 0 Å². The Morgan fingerprint density at radius 1 is 1.19 bits per heavy atom. The van der Waals surface area contributed by atoms with Gasteiger partial charge in [0.2, 0.25) is 0 Å². The maximum absolute atomic E-state index is 11.8. The second-order valence-electron chi connectivity index (χ2n) is 4.30. The lowest BCUT2D eigenvalue weighted by Crippen LogP contribution is -2.13. The average molecular weight is 350 g/mol. The van der Waals surface area contributed by atoms with Crippen LogP contribution in [0.25, 0.3) is 0 Å². The highest BCUT2D eigenvalue weighted by Crippen LogP contribution is 2.25. The molecule has 0 radical (unpaired) electrons. The molecule has 0 saturated carbocycles. The zero-order chi connectivity index (χ0) is 15.1. The molecule has 0 aliphatic heterocycles. The highest BCUT2D eigenvalue weighted by molar-refractivity contribution is 9.10. The lowest BCUT2D eigenvalue weighted by molar-refractivity contribution is 0.155. The zero-order valence-corrected chi connectivity index (χ0v) is 13.2. The van der Waals surface area contributed by atoms with E-state index in [2.05, 4.69) is 21.2 Å². The average Bonchev–Trinajstić information content (AvgIpc) is 2.46. The van der Waals surface area contributed by atoms with E-state index >= 15 is 0 Å². The van der Waals surface area contributed by atoms with Crippen molar-refractivity contribution in [1.82, 2.24) is 0 Å². The molecule has 2 aromatic rings. The fourth-order valence-corrected chi connectivity index (χ4v) is 2.23. The van der Waals surface area contributed by atoms with E-state index < -0.39 is 6.09 Å². The maximum Gasteiger partial charge on any atom is 0.411 e. The highest BCUT2D eigenvalue weighted by Gasteiger charge is 2.06. The number of rotatable bonds is 5. The number of amides is 1. The molecule has 1 N–H and O–H groups in total. The zero-order valence-electron chi connectivity index (χ0n) is 11.6. The van der Waals surface area contributed by atoms with Gasteiger partial charge in [0.15, 0.2) is 0 Å². The Bertz CT molecular complexity index is 602. The van der Waals surface area contributed by atoms with Crippen molar-refractivity contribution in [2.45, 2.75) is 13.5 Å². The second kappa shape index (κ2) is 7.69. The first-order valence-electron chi connectivity index (χ1n) is 6.58. The number of carbonyl (C=O) groups is 1. The number of ether oxygens (including phenoxy) is 2. The summed E-state index contributed by atoms with van der Waals surface area (Å²) in [4.78, 5) is 11.8. The molecule has 0 fully saturated rings. The first-order chi connectivity index (χ1) is 10.2. The number of anilines is 1. The van der Waals surface area contributed by atoms with Crippen LogP contribution in [-0.4, -0.2) is 12.7 Å². The van der Waals surface area contributed by atoms with Crippen LogP contribution in [0.3, 0.4) is 0 Å². The Balaban J connectivity index is 1.93. The summed E-state index contributed by atoms with van der Waals surface area (Å²) in [6.07, 6.45) is -0.501. The van der Waals surface area contributed by atoms with Crippen molar-refractivity contribution >= 4 is 27.7 Å². The standard InChI is InChI=1S/C16H16BrNO3/c1-2-20-15-9-13(17)8-14(10-15)18-16(19)21-11-12-6-4-3-5-7-12/h3-10H,2,11H2,1H3,(H,18,19). The fourth-order valence-electron chi connectivity index (χ4n) is 1.76. The third kappa shape index (κ3) is 5.11. The minimum absolute atomic E-state index is 0.235. The number of carbonyl (C=O) groups excluding carboxylic acids is 1. The van der Waals surface area contributed by atoms with E-state index in [1.54, 1.807) is 12.1 Å². The Labute approximate surface area is 132 Å². The smallest absolute Gasteiger partial charge is 0.411 e. The predicted octanol–water partition coefficient (Wildman–Crippen LogP) is 4.60. The molecule has 0 atom stereocenters. The molecule has 0 spiro atoms. The van der Waals surface area contributed by atoms with Crippen LogP contribution >= 0.6 is 15.9 Å². The van der Waals surface area contributed by atoms with Crippen LogP contribution in [-0.2, 0) is 11.3 Å². The highest BCUT2D eigenvalue weighted by atomic mass is 79.9. The summed E-state index contributed by atoms with van der Waals surface area (Å²) in [5.74, 6) is 0.685. The van der Waals surface area contributed by atoms with Gasteiger partial charge in [0.25, 0.3) is 0 Å². The second-order valence-corrected chi connectivity index (χ2v) is 5.21. The van der Waals surface area contributed by atoms with Crippen LogP contribution in [0.5, 0.6) is 5.75 Å². The molecule has 0 unspecified atom stereocenters. The van der Waals surface area contributed by atoms with Gasteiger partial charge in [0.1, 0.15) is 12.4 Å². The normalized spacial score (nSPS) is 10.0.